The summed E-state index contributed by atoms with van der Waals surface area (Å²) in [4.78, 5) is 48.4. The van der Waals surface area contributed by atoms with E-state index in [0.717, 1.165) is 29.4 Å². The molecule has 1 saturated heterocycles. The SMILES string of the molecule is CC1C(O)C(C=CCO)(COP(=O)(O)OP(=O)(O)OP(=O)(O)O)OC1(C#N)n1cnc2c(N)ncnc21. The number of hydrogen-bond acceptors (Lipinski definition) is 14. The van der Waals surface area contributed by atoms with Crippen molar-refractivity contribution < 1.29 is 61.4 Å². The fourth-order valence-corrected chi connectivity index (χ4v) is 6.72. The Morgan fingerprint density at radius 1 is 1.22 bits per heavy atom. The minimum absolute atomic E-state index is 0.0258. The number of aliphatic hydroxyl groups is 2. The van der Waals surface area contributed by atoms with Gasteiger partial charge in [0, 0.05) is 5.92 Å². The molecule has 3 rings (SSSR count). The van der Waals surface area contributed by atoms with E-state index < -0.39 is 60.0 Å². The number of ether oxygens (including phenoxy) is 1. The Kier molecular flexibility index (Phi) is 8.12. The summed E-state index contributed by atoms with van der Waals surface area (Å²) in [6, 6.07) is 1.90. The van der Waals surface area contributed by atoms with Gasteiger partial charge in [-0.3, -0.25) is 9.09 Å². The number of imidazole rings is 1. The number of aliphatic hydroxyl groups excluding tert-OH is 2. The average Bonchev–Trinajstić information content (AvgIpc) is 3.29. The van der Waals surface area contributed by atoms with Gasteiger partial charge in [-0.15, -0.1) is 0 Å². The summed E-state index contributed by atoms with van der Waals surface area (Å²) in [6.07, 6.45) is 2.58. The second kappa shape index (κ2) is 10.2. The Morgan fingerprint density at radius 3 is 2.49 bits per heavy atom. The molecule has 1 aliphatic heterocycles. The van der Waals surface area contributed by atoms with Crippen molar-refractivity contribution in [2.75, 3.05) is 18.9 Å². The Hall–Kier alpha value is -2.13. The van der Waals surface area contributed by atoms with E-state index in [9.17, 15) is 39.0 Å². The Labute approximate surface area is 207 Å². The van der Waals surface area contributed by atoms with Gasteiger partial charge in [-0.25, -0.2) is 28.6 Å². The second-order valence-corrected chi connectivity index (χ2v) is 12.0. The van der Waals surface area contributed by atoms with Gasteiger partial charge >= 0.3 is 23.5 Å². The van der Waals surface area contributed by atoms with Crippen molar-refractivity contribution >= 4 is 40.4 Å². The summed E-state index contributed by atoms with van der Waals surface area (Å²) in [5.41, 5.74) is 1.63. The van der Waals surface area contributed by atoms with Crippen molar-refractivity contribution in [2.45, 2.75) is 24.4 Å². The van der Waals surface area contributed by atoms with Crippen LogP contribution in [-0.4, -0.2) is 74.2 Å². The van der Waals surface area contributed by atoms with Crippen LogP contribution in [0.15, 0.2) is 24.8 Å². The number of nitriles is 1. The lowest BCUT2D eigenvalue weighted by Gasteiger charge is -2.31. The topological polar surface area (TPSA) is 303 Å². The lowest BCUT2D eigenvalue weighted by atomic mass is 9.87. The highest BCUT2D eigenvalue weighted by Crippen LogP contribution is 2.66. The predicted molar refractivity (Wildman–Crippen MR) is 118 cm³/mol. The summed E-state index contributed by atoms with van der Waals surface area (Å²) in [5.74, 6) is -1.18. The molecule has 6 unspecified atom stereocenters. The first kappa shape index (κ1) is 29.4. The lowest BCUT2D eigenvalue weighted by Crippen LogP contribution is -2.43. The van der Waals surface area contributed by atoms with Crippen LogP contribution in [0.4, 0.5) is 5.82 Å². The van der Waals surface area contributed by atoms with E-state index in [0.29, 0.717) is 0 Å². The van der Waals surface area contributed by atoms with E-state index in [4.69, 9.17) is 20.3 Å². The van der Waals surface area contributed by atoms with E-state index in [1.54, 1.807) is 0 Å². The third-order valence-electron chi connectivity index (χ3n) is 5.19. The van der Waals surface area contributed by atoms with Crippen LogP contribution in [0.5, 0.6) is 0 Å². The van der Waals surface area contributed by atoms with Crippen molar-refractivity contribution in [1.29, 1.82) is 5.26 Å². The molecule has 1 fully saturated rings. The highest BCUT2D eigenvalue weighted by molar-refractivity contribution is 7.66. The van der Waals surface area contributed by atoms with Crippen LogP contribution in [0.2, 0.25) is 0 Å². The van der Waals surface area contributed by atoms with Crippen LogP contribution in [0.3, 0.4) is 0 Å². The zero-order valence-electron chi connectivity index (χ0n) is 18.6. The number of rotatable bonds is 10. The molecule has 0 amide bonds. The molecule has 8 N–H and O–H groups in total. The first-order valence-corrected chi connectivity index (χ1v) is 14.3. The number of anilines is 1. The Bertz CT molecular complexity index is 1390. The minimum Gasteiger partial charge on any atom is -0.392 e. The number of phosphoric acid groups is 3. The molecule has 19 nitrogen and oxygen atoms in total. The molecule has 0 saturated carbocycles. The summed E-state index contributed by atoms with van der Waals surface area (Å²) < 4.78 is 53.8. The fourth-order valence-electron chi connectivity index (χ4n) is 3.66. The quantitative estimate of drug-likeness (QED) is 0.133. The molecule has 2 aromatic rings. The predicted octanol–water partition coefficient (Wildman–Crippen LogP) is -0.757. The standard InChI is InChI=1S/C15H21N6O13P3/c1-9-11(23)14(3-2-4-22,6-31-36(27,28)34-37(29,30)33-35(24,25)26)32-15(9,5-16)21-8-20-10-12(17)18-7-19-13(10)21/h2-3,7-9,11,22-23H,4,6H2,1H3,(H,27,28)(H,29,30)(H2,17,18,19)(H2,24,25,26). The second-order valence-electron chi connectivity index (χ2n) is 7.59. The maximum Gasteiger partial charge on any atom is 0.490 e. The van der Waals surface area contributed by atoms with Gasteiger partial charge in [-0.2, -0.15) is 13.9 Å². The first-order chi connectivity index (χ1) is 17.0. The molecule has 0 aromatic carbocycles. The average molecular weight is 586 g/mol. The van der Waals surface area contributed by atoms with Gasteiger partial charge in [-0.1, -0.05) is 13.0 Å². The molecule has 0 bridgehead atoms. The van der Waals surface area contributed by atoms with E-state index in [1.165, 1.54) is 6.92 Å². The summed E-state index contributed by atoms with van der Waals surface area (Å²) in [7, 11) is -17.1. The third kappa shape index (κ3) is 5.98. The van der Waals surface area contributed by atoms with E-state index in [2.05, 4.69) is 28.1 Å². The molecule has 6 atom stereocenters. The van der Waals surface area contributed by atoms with Gasteiger partial charge in [0.1, 0.15) is 29.8 Å². The van der Waals surface area contributed by atoms with E-state index in [1.807, 2.05) is 6.07 Å². The monoisotopic (exact) mass is 586 g/mol. The number of hydrogen-bond donors (Lipinski definition) is 7. The van der Waals surface area contributed by atoms with Gasteiger partial charge in [0.25, 0.3) is 0 Å². The molecule has 204 valence electrons. The molecule has 2 aromatic heterocycles. The summed E-state index contributed by atoms with van der Waals surface area (Å²) in [6.45, 7) is -0.381. The lowest BCUT2D eigenvalue weighted by molar-refractivity contribution is -0.128. The number of nitrogens with two attached hydrogens (primary N) is 1. The molecule has 1 aliphatic rings. The van der Waals surface area contributed by atoms with Crippen LogP contribution >= 0.6 is 23.5 Å². The van der Waals surface area contributed by atoms with Gasteiger partial charge in [-0.05, 0) is 6.08 Å². The maximum absolute atomic E-state index is 12.3. The Balaban J connectivity index is 1.99. The summed E-state index contributed by atoms with van der Waals surface area (Å²) in [5, 5.41) is 30.5. The normalized spacial score (nSPS) is 29.8. The first-order valence-electron chi connectivity index (χ1n) is 9.82. The zero-order valence-corrected chi connectivity index (χ0v) is 21.3. The fraction of sp³-hybridized carbons (Fsp3) is 0.467. The van der Waals surface area contributed by atoms with Crippen molar-refractivity contribution in [3.8, 4) is 6.07 Å². The smallest absolute Gasteiger partial charge is 0.392 e. The van der Waals surface area contributed by atoms with Crippen molar-refractivity contribution in [3.63, 3.8) is 0 Å². The van der Waals surface area contributed by atoms with E-state index >= 15 is 0 Å². The van der Waals surface area contributed by atoms with Gasteiger partial charge in [0.2, 0.25) is 5.72 Å². The van der Waals surface area contributed by atoms with Gasteiger partial charge in [0.05, 0.1) is 19.3 Å². The van der Waals surface area contributed by atoms with Crippen LogP contribution in [0.25, 0.3) is 11.2 Å². The van der Waals surface area contributed by atoms with Gasteiger partial charge < -0.3 is 40.3 Å². The van der Waals surface area contributed by atoms with Gasteiger partial charge in [0.15, 0.2) is 11.5 Å². The molecular weight excluding hydrogens is 565 g/mol. The third-order valence-corrected chi connectivity index (χ3v) is 8.97. The maximum atomic E-state index is 12.3. The minimum atomic E-state index is -5.82. The van der Waals surface area contributed by atoms with Crippen LogP contribution in [0, 0.1) is 17.2 Å². The molecule has 3 heterocycles. The Morgan fingerprint density at radius 2 is 1.89 bits per heavy atom. The summed E-state index contributed by atoms with van der Waals surface area (Å²) >= 11 is 0. The largest absolute Gasteiger partial charge is 0.490 e. The highest BCUT2D eigenvalue weighted by atomic mass is 31.3. The number of fused-ring (bicyclic) bond motifs is 1. The number of nitrogens with zero attached hydrogens (tertiary/aromatic N) is 5. The zero-order chi connectivity index (χ0) is 27.9. The molecular formula is C15H21N6O13P3. The van der Waals surface area contributed by atoms with Crippen molar-refractivity contribution in [2.24, 2.45) is 5.92 Å². The molecule has 0 spiro atoms. The van der Waals surface area contributed by atoms with Crippen LogP contribution in [0.1, 0.15) is 6.92 Å². The van der Waals surface area contributed by atoms with Crippen molar-refractivity contribution in [3.05, 3.63) is 24.8 Å². The molecule has 37 heavy (non-hydrogen) atoms. The molecule has 0 radical (unpaired) electrons. The number of nitrogen functional groups attached to an aromatic ring is 1. The van der Waals surface area contributed by atoms with E-state index in [-0.39, 0.29) is 17.0 Å². The van der Waals surface area contributed by atoms with Crippen molar-refractivity contribution in [1.82, 2.24) is 19.5 Å². The highest BCUT2D eigenvalue weighted by Gasteiger charge is 2.62. The number of phosphoric ester groups is 1. The molecule has 22 heteroatoms. The van der Waals surface area contributed by atoms with Crippen LogP contribution in [-0.2, 0) is 37.3 Å². The molecule has 0 aliphatic carbocycles. The van der Waals surface area contributed by atoms with Crippen LogP contribution < -0.4 is 5.73 Å². The number of aromatic nitrogens is 4.